The van der Waals surface area contributed by atoms with Crippen molar-refractivity contribution in [2.24, 2.45) is 10.8 Å². The highest BCUT2D eigenvalue weighted by Crippen LogP contribution is 2.54. The van der Waals surface area contributed by atoms with E-state index in [-0.39, 0.29) is 23.4 Å². The molecule has 1 aromatic carbocycles. The average Bonchev–Trinajstić information content (AvgIpc) is 2.67. The van der Waals surface area contributed by atoms with Crippen LogP contribution in [0.15, 0.2) is 29.2 Å². The number of hydrogen-bond acceptors (Lipinski definition) is 2. The van der Waals surface area contributed by atoms with Crippen LogP contribution in [-0.2, 0) is 16.2 Å². The van der Waals surface area contributed by atoms with Crippen LogP contribution in [0.2, 0.25) is 0 Å². The fourth-order valence-electron chi connectivity index (χ4n) is 4.74. The highest BCUT2D eigenvalue weighted by molar-refractivity contribution is 7.89. The smallest absolute Gasteiger partial charge is 0.207 e. The molecule has 1 saturated heterocycles. The third kappa shape index (κ3) is 2.96. The van der Waals surface area contributed by atoms with Crippen LogP contribution < -0.4 is 0 Å². The van der Waals surface area contributed by atoms with E-state index in [1.54, 1.807) is 0 Å². The molecule has 3 nitrogen and oxygen atoms in total. The maximum atomic E-state index is 13.2. The second-order valence-corrected chi connectivity index (χ2v) is 10.1. The van der Waals surface area contributed by atoms with Crippen molar-refractivity contribution >= 4 is 10.0 Å². The average molecular weight is 361 g/mol. The van der Waals surface area contributed by atoms with Gasteiger partial charge in [0, 0.05) is 12.6 Å². The zero-order valence-electron chi connectivity index (χ0n) is 14.0. The van der Waals surface area contributed by atoms with Crippen molar-refractivity contribution in [3.63, 3.8) is 0 Å². The minimum absolute atomic E-state index is 0.00845. The van der Waals surface area contributed by atoms with Crippen molar-refractivity contribution in [3.05, 3.63) is 29.8 Å². The maximum Gasteiger partial charge on any atom is 0.417 e. The van der Waals surface area contributed by atoms with Gasteiger partial charge in [-0.15, -0.1) is 0 Å². The number of hydrogen-bond donors (Lipinski definition) is 0. The predicted octanol–water partition coefficient (Wildman–Crippen LogP) is 4.29. The second kappa shape index (κ2) is 5.21. The zero-order valence-corrected chi connectivity index (χ0v) is 14.8. The molecule has 0 radical (unpaired) electrons. The lowest BCUT2D eigenvalue weighted by Crippen LogP contribution is -2.38. The molecule has 24 heavy (non-hydrogen) atoms. The molecular weight excluding hydrogens is 339 g/mol. The molecular formula is C17H22F3NO2S. The Bertz CT molecular complexity index is 757. The van der Waals surface area contributed by atoms with Crippen molar-refractivity contribution in [1.29, 1.82) is 0 Å². The first-order valence-corrected chi connectivity index (χ1v) is 9.46. The number of rotatable bonds is 2. The van der Waals surface area contributed by atoms with Crippen LogP contribution in [0, 0.1) is 10.8 Å². The van der Waals surface area contributed by atoms with Gasteiger partial charge in [0.05, 0.1) is 10.5 Å². The number of halogens is 3. The molecule has 1 aliphatic carbocycles. The maximum absolute atomic E-state index is 13.2. The Hall–Kier alpha value is -1.08. The molecule has 1 saturated carbocycles. The summed E-state index contributed by atoms with van der Waals surface area (Å²) in [6.45, 7) is 6.51. The highest BCUT2D eigenvalue weighted by Gasteiger charge is 2.54. The molecule has 2 bridgehead atoms. The summed E-state index contributed by atoms with van der Waals surface area (Å²) < 4.78 is 67.1. The third-order valence-electron chi connectivity index (χ3n) is 5.15. The monoisotopic (exact) mass is 361 g/mol. The first kappa shape index (κ1) is 17.7. The lowest BCUT2D eigenvalue weighted by atomic mass is 9.65. The van der Waals surface area contributed by atoms with Crippen LogP contribution >= 0.6 is 0 Å². The lowest BCUT2D eigenvalue weighted by Gasteiger charge is -2.39. The molecule has 1 aliphatic heterocycles. The molecule has 0 aromatic heterocycles. The molecule has 134 valence electrons. The first-order valence-electron chi connectivity index (χ1n) is 8.02. The van der Waals surface area contributed by atoms with Crippen LogP contribution in [0.4, 0.5) is 13.2 Å². The Morgan fingerprint density at radius 2 is 1.75 bits per heavy atom. The molecule has 0 amide bonds. The van der Waals surface area contributed by atoms with E-state index in [0.29, 0.717) is 12.8 Å². The summed E-state index contributed by atoms with van der Waals surface area (Å²) in [6, 6.07) is 4.23. The number of benzene rings is 1. The first-order chi connectivity index (χ1) is 10.8. The van der Waals surface area contributed by atoms with Gasteiger partial charge in [-0.05, 0) is 42.2 Å². The van der Waals surface area contributed by atoms with Crippen LogP contribution in [0.1, 0.15) is 45.6 Å². The zero-order chi connectivity index (χ0) is 18.0. The van der Waals surface area contributed by atoms with Gasteiger partial charge in [-0.1, -0.05) is 32.9 Å². The van der Waals surface area contributed by atoms with Gasteiger partial charge in [-0.3, -0.25) is 0 Å². The molecule has 1 heterocycles. The molecule has 2 atom stereocenters. The number of sulfonamides is 1. The van der Waals surface area contributed by atoms with Gasteiger partial charge in [0.25, 0.3) is 0 Å². The quantitative estimate of drug-likeness (QED) is 0.788. The van der Waals surface area contributed by atoms with Crippen LogP contribution in [-0.4, -0.2) is 25.3 Å². The van der Waals surface area contributed by atoms with Gasteiger partial charge in [-0.25, -0.2) is 8.42 Å². The summed E-state index contributed by atoms with van der Waals surface area (Å²) in [5.74, 6) is 0. The lowest BCUT2D eigenvalue weighted by molar-refractivity contribution is -0.139. The topological polar surface area (TPSA) is 37.4 Å². The minimum Gasteiger partial charge on any atom is -0.207 e. The van der Waals surface area contributed by atoms with Gasteiger partial charge in [0.1, 0.15) is 0 Å². The standard InChI is InChI=1S/C17H22F3NO2S/c1-15(2)8-12-9-16(3,10-15)11-21(12)24(22,23)14-7-5-4-6-13(14)17(18,19)20/h4-7,12H,8-11H2,1-3H3/t12-,16-/m0/s1. The van der Waals surface area contributed by atoms with E-state index in [2.05, 4.69) is 13.8 Å². The largest absolute Gasteiger partial charge is 0.417 e. The molecule has 2 aliphatic rings. The van der Waals surface area contributed by atoms with E-state index < -0.39 is 26.7 Å². The number of nitrogens with zero attached hydrogens (tertiary/aromatic N) is 1. The van der Waals surface area contributed by atoms with Crippen molar-refractivity contribution in [2.45, 2.75) is 57.1 Å². The van der Waals surface area contributed by atoms with Gasteiger partial charge in [0.15, 0.2) is 0 Å². The summed E-state index contributed by atoms with van der Waals surface area (Å²) in [7, 11) is -4.18. The van der Waals surface area contributed by atoms with Crippen molar-refractivity contribution in [3.8, 4) is 0 Å². The van der Waals surface area contributed by atoms with Crippen LogP contribution in [0.5, 0.6) is 0 Å². The van der Waals surface area contributed by atoms with Crippen molar-refractivity contribution in [2.75, 3.05) is 6.54 Å². The molecule has 7 heteroatoms. The Morgan fingerprint density at radius 1 is 1.12 bits per heavy atom. The van der Waals surface area contributed by atoms with Crippen molar-refractivity contribution in [1.82, 2.24) is 4.31 Å². The van der Waals surface area contributed by atoms with Gasteiger partial charge < -0.3 is 0 Å². The Balaban J connectivity index is 2.05. The minimum atomic E-state index is -4.69. The summed E-state index contributed by atoms with van der Waals surface area (Å²) in [4.78, 5) is -0.633. The fourth-order valence-corrected chi connectivity index (χ4v) is 6.73. The normalized spacial score (nSPS) is 30.5. The molecule has 0 spiro atoms. The Labute approximate surface area is 140 Å². The summed E-state index contributed by atoms with van der Waals surface area (Å²) in [5, 5.41) is 0. The van der Waals surface area contributed by atoms with E-state index in [1.165, 1.54) is 16.4 Å². The third-order valence-corrected chi connectivity index (χ3v) is 7.10. The summed E-state index contributed by atoms with van der Waals surface area (Å²) in [6.07, 6.45) is -2.43. The van der Waals surface area contributed by atoms with Crippen LogP contribution in [0.3, 0.4) is 0 Å². The van der Waals surface area contributed by atoms with Gasteiger partial charge >= 0.3 is 6.18 Å². The molecule has 0 unspecified atom stereocenters. The highest BCUT2D eigenvalue weighted by atomic mass is 32.2. The van der Waals surface area contributed by atoms with E-state index in [4.69, 9.17) is 0 Å². The van der Waals surface area contributed by atoms with E-state index in [9.17, 15) is 21.6 Å². The molecule has 1 aromatic rings. The van der Waals surface area contributed by atoms with Gasteiger partial charge in [-0.2, -0.15) is 17.5 Å². The fraction of sp³-hybridized carbons (Fsp3) is 0.647. The Morgan fingerprint density at radius 3 is 2.38 bits per heavy atom. The van der Waals surface area contributed by atoms with Crippen LogP contribution in [0.25, 0.3) is 0 Å². The SMILES string of the molecule is CC1(C)C[C@H]2C[C@](C)(CN2S(=O)(=O)c2ccccc2C(F)(F)F)C1. The van der Waals surface area contributed by atoms with E-state index >= 15 is 0 Å². The molecule has 2 fully saturated rings. The summed E-state index contributed by atoms with van der Waals surface area (Å²) in [5.41, 5.74) is -1.27. The number of fused-ring (bicyclic) bond motifs is 2. The van der Waals surface area contributed by atoms with E-state index in [1.807, 2.05) is 6.92 Å². The Kier molecular flexibility index (Phi) is 3.85. The van der Waals surface area contributed by atoms with Gasteiger partial charge in [0.2, 0.25) is 10.0 Å². The predicted molar refractivity (Wildman–Crippen MR) is 84.9 cm³/mol. The molecule has 3 rings (SSSR count). The van der Waals surface area contributed by atoms with Crippen molar-refractivity contribution < 1.29 is 21.6 Å². The second-order valence-electron chi connectivity index (χ2n) is 8.26. The molecule has 0 N–H and O–H groups in total. The number of alkyl halides is 3. The van der Waals surface area contributed by atoms with E-state index in [0.717, 1.165) is 18.6 Å². The summed E-state index contributed by atoms with van der Waals surface area (Å²) >= 11 is 0.